The van der Waals surface area contributed by atoms with Crippen molar-refractivity contribution in [2.24, 2.45) is 0 Å². The van der Waals surface area contributed by atoms with Gasteiger partial charge in [0.2, 0.25) is 0 Å². The number of thiol groups is 1. The van der Waals surface area contributed by atoms with Crippen LogP contribution in [0.2, 0.25) is 0 Å². The third kappa shape index (κ3) is 4.40. The predicted octanol–water partition coefficient (Wildman–Crippen LogP) is 3.96. The highest BCUT2D eigenvalue weighted by molar-refractivity contribution is 7.80. The first kappa shape index (κ1) is 20.0. The van der Waals surface area contributed by atoms with Gasteiger partial charge < -0.3 is 15.1 Å². The molecule has 0 spiro atoms. The first-order valence-corrected chi connectivity index (χ1v) is 9.47. The summed E-state index contributed by atoms with van der Waals surface area (Å²) in [4.78, 5) is 7.39. The molecule has 1 saturated carbocycles. The molecule has 5 N–H and O–H groups in total. The van der Waals surface area contributed by atoms with Gasteiger partial charge in [-0.15, -0.1) is 18.1 Å². The van der Waals surface area contributed by atoms with Crippen LogP contribution in [0, 0.1) is 10.8 Å². The Morgan fingerprint density at radius 3 is 2.36 bits per heavy atom. The van der Waals surface area contributed by atoms with Crippen molar-refractivity contribution in [2.45, 2.75) is 43.5 Å². The summed E-state index contributed by atoms with van der Waals surface area (Å²) >= 11 is 4.28. The summed E-state index contributed by atoms with van der Waals surface area (Å²) in [5, 5.41) is 37.5. The predicted molar refractivity (Wildman–Crippen MR) is 112 cm³/mol. The molecule has 0 aliphatic heterocycles. The first-order valence-electron chi connectivity index (χ1n) is 9.02. The second kappa shape index (κ2) is 8.12. The maximum Gasteiger partial charge on any atom is 0.314 e. The van der Waals surface area contributed by atoms with E-state index in [0.717, 1.165) is 17.7 Å². The normalized spacial score (nSPS) is 13.4. The standard InChI is InChI=1S/C20H24N4O3S/c1-11(2)15-9-16(18(26)10-17(15)25)19(21)24(13-5-7-14(28)8-6-13)20(22)27-23-12-3-4-12/h5-12,21-23,25-26,28H,3-4H2,1-2H3. The minimum Gasteiger partial charge on any atom is -0.508 e. The number of hydrogen-bond acceptors (Lipinski definition) is 7. The van der Waals surface area contributed by atoms with E-state index >= 15 is 0 Å². The average molecular weight is 401 g/mol. The highest BCUT2D eigenvalue weighted by Gasteiger charge is 2.27. The number of phenols is 2. The van der Waals surface area contributed by atoms with Crippen LogP contribution in [0.4, 0.5) is 5.69 Å². The minimum absolute atomic E-state index is 0.00343. The molecule has 1 aliphatic rings. The molecule has 1 aliphatic carbocycles. The molecule has 0 aromatic heterocycles. The molecule has 0 radical (unpaired) electrons. The molecule has 0 saturated heterocycles. The number of amidine groups is 2. The smallest absolute Gasteiger partial charge is 0.314 e. The molecular formula is C20H24N4O3S. The summed E-state index contributed by atoms with van der Waals surface area (Å²) in [6.07, 6.45) is 1.96. The second-order valence-corrected chi connectivity index (χ2v) is 7.60. The van der Waals surface area contributed by atoms with E-state index in [1.807, 2.05) is 13.8 Å². The van der Waals surface area contributed by atoms with Gasteiger partial charge in [0, 0.05) is 17.0 Å². The van der Waals surface area contributed by atoms with Crippen LogP contribution in [0.15, 0.2) is 41.3 Å². The third-order valence-electron chi connectivity index (χ3n) is 4.46. The van der Waals surface area contributed by atoms with Crippen LogP contribution in [-0.2, 0) is 4.84 Å². The molecule has 0 heterocycles. The Balaban J connectivity index is 1.99. The maximum absolute atomic E-state index is 10.4. The van der Waals surface area contributed by atoms with Crippen molar-refractivity contribution in [1.82, 2.24) is 5.48 Å². The van der Waals surface area contributed by atoms with Crippen LogP contribution in [-0.4, -0.2) is 28.1 Å². The molecule has 148 valence electrons. The lowest BCUT2D eigenvalue weighted by molar-refractivity contribution is 0.170. The van der Waals surface area contributed by atoms with E-state index in [1.165, 1.54) is 11.0 Å². The van der Waals surface area contributed by atoms with E-state index in [1.54, 1.807) is 30.3 Å². The number of phenolic OH excluding ortho intramolecular Hbond substituents is 2. The minimum atomic E-state index is -0.289. The lowest BCUT2D eigenvalue weighted by Crippen LogP contribution is -2.41. The van der Waals surface area contributed by atoms with Crippen molar-refractivity contribution in [3.8, 4) is 11.5 Å². The van der Waals surface area contributed by atoms with E-state index in [4.69, 9.17) is 15.7 Å². The van der Waals surface area contributed by atoms with Crippen molar-refractivity contribution in [1.29, 1.82) is 10.8 Å². The van der Waals surface area contributed by atoms with Gasteiger partial charge in [-0.3, -0.25) is 5.41 Å². The van der Waals surface area contributed by atoms with Crippen molar-refractivity contribution in [3.05, 3.63) is 47.5 Å². The zero-order valence-corrected chi connectivity index (χ0v) is 16.6. The first-order chi connectivity index (χ1) is 13.3. The summed E-state index contributed by atoms with van der Waals surface area (Å²) in [6, 6.07) is 9.64. The zero-order valence-electron chi connectivity index (χ0n) is 15.7. The fourth-order valence-corrected chi connectivity index (χ4v) is 2.85. The molecule has 0 bridgehead atoms. The third-order valence-corrected chi connectivity index (χ3v) is 4.75. The molecule has 2 aromatic carbocycles. The molecule has 0 amide bonds. The maximum atomic E-state index is 10.4. The van der Waals surface area contributed by atoms with E-state index in [0.29, 0.717) is 11.3 Å². The number of rotatable bonds is 5. The lowest BCUT2D eigenvalue weighted by atomic mass is 9.98. The average Bonchev–Trinajstić information content (AvgIpc) is 3.46. The van der Waals surface area contributed by atoms with Crippen molar-refractivity contribution in [2.75, 3.05) is 4.90 Å². The van der Waals surface area contributed by atoms with Gasteiger partial charge in [-0.05, 0) is 54.7 Å². The quantitative estimate of drug-likeness (QED) is 0.197. The highest BCUT2D eigenvalue weighted by atomic mass is 32.1. The van der Waals surface area contributed by atoms with Gasteiger partial charge in [0.25, 0.3) is 0 Å². The van der Waals surface area contributed by atoms with Gasteiger partial charge in [-0.25, -0.2) is 10.3 Å². The van der Waals surface area contributed by atoms with Crippen molar-refractivity contribution < 1.29 is 15.1 Å². The molecule has 2 aromatic rings. The number of nitrogens with zero attached hydrogens (tertiary/aromatic N) is 1. The zero-order chi connectivity index (χ0) is 20.4. The Bertz CT molecular complexity index is 895. The number of nitrogens with one attached hydrogen (secondary N) is 3. The number of hydroxylamine groups is 1. The van der Waals surface area contributed by atoms with Crippen LogP contribution < -0.4 is 10.4 Å². The van der Waals surface area contributed by atoms with Gasteiger partial charge in [0.1, 0.15) is 17.3 Å². The van der Waals surface area contributed by atoms with Crippen LogP contribution in [0.25, 0.3) is 0 Å². The Labute approximate surface area is 169 Å². The fraction of sp³-hybridized carbons (Fsp3) is 0.300. The number of hydrogen-bond donors (Lipinski definition) is 6. The SMILES string of the molecule is CC(C)c1cc(C(=N)N(C(=N)ONC2CC2)c2ccc(S)cc2)c(O)cc1O. The van der Waals surface area contributed by atoms with Gasteiger partial charge >= 0.3 is 6.02 Å². The van der Waals surface area contributed by atoms with E-state index in [9.17, 15) is 10.2 Å². The van der Waals surface area contributed by atoms with E-state index < -0.39 is 0 Å². The Kier molecular flexibility index (Phi) is 5.81. The summed E-state index contributed by atoms with van der Waals surface area (Å²) in [6.45, 7) is 3.82. The van der Waals surface area contributed by atoms with Crippen molar-refractivity contribution >= 4 is 30.2 Å². The summed E-state index contributed by atoms with van der Waals surface area (Å²) in [7, 11) is 0. The number of benzene rings is 2. The van der Waals surface area contributed by atoms with Crippen molar-refractivity contribution in [3.63, 3.8) is 0 Å². The van der Waals surface area contributed by atoms with Crippen LogP contribution in [0.5, 0.6) is 11.5 Å². The molecule has 3 rings (SSSR count). The van der Waals surface area contributed by atoms with Gasteiger partial charge in [-0.1, -0.05) is 13.8 Å². The summed E-state index contributed by atoms with van der Waals surface area (Å²) in [5.41, 5.74) is 4.11. The fourth-order valence-electron chi connectivity index (χ4n) is 2.70. The molecule has 1 fully saturated rings. The molecule has 0 unspecified atom stereocenters. The van der Waals surface area contributed by atoms with Crippen LogP contribution in [0.3, 0.4) is 0 Å². The number of anilines is 1. The Morgan fingerprint density at radius 1 is 1.14 bits per heavy atom. The lowest BCUT2D eigenvalue weighted by Gasteiger charge is -2.26. The monoisotopic (exact) mass is 400 g/mol. The highest BCUT2D eigenvalue weighted by Crippen LogP contribution is 2.34. The molecule has 7 nitrogen and oxygen atoms in total. The largest absolute Gasteiger partial charge is 0.508 e. The number of aromatic hydroxyl groups is 2. The Morgan fingerprint density at radius 2 is 1.79 bits per heavy atom. The molecule has 28 heavy (non-hydrogen) atoms. The van der Waals surface area contributed by atoms with E-state index in [2.05, 4.69) is 18.1 Å². The summed E-state index contributed by atoms with van der Waals surface area (Å²) < 4.78 is 0. The van der Waals surface area contributed by atoms with E-state index in [-0.39, 0.29) is 40.9 Å². The van der Waals surface area contributed by atoms with Gasteiger partial charge in [0.05, 0.1) is 11.3 Å². The van der Waals surface area contributed by atoms with Crippen LogP contribution in [0.1, 0.15) is 43.7 Å². The second-order valence-electron chi connectivity index (χ2n) is 7.08. The topological polar surface area (TPSA) is 113 Å². The molecule has 8 heteroatoms. The van der Waals surface area contributed by atoms with Gasteiger partial charge in [-0.2, -0.15) is 0 Å². The molecule has 0 atom stereocenters. The molecular weight excluding hydrogens is 376 g/mol. The summed E-state index contributed by atoms with van der Waals surface area (Å²) in [5.74, 6) is -0.423. The van der Waals surface area contributed by atoms with Gasteiger partial charge in [0.15, 0.2) is 0 Å². The van der Waals surface area contributed by atoms with Crippen LogP contribution >= 0.6 is 12.6 Å². The Hall–Kier alpha value is -2.71.